The van der Waals surface area contributed by atoms with Crippen LogP contribution < -0.4 is 20.5 Å². The van der Waals surface area contributed by atoms with Gasteiger partial charge in [-0.1, -0.05) is 24.3 Å². The molecule has 1 aliphatic heterocycles. The molecule has 1 heterocycles. The first-order chi connectivity index (χ1) is 17.8. The highest BCUT2D eigenvalue weighted by Gasteiger charge is 2.14. The van der Waals surface area contributed by atoms with Gasteiger partial charge in [0.05, 0.1) is 18.1 Å². The largest absolute Gasteiger partial charge is 0.491 e. The van der Waals surface area contributed by atoms with Gasteiger partial charge in [-0.05, 0) is 65.6 Å². The zero-order valence-electron chi connectivity index (χ0n) is 20.2. The third kappa shape index (κ3) is 7.39. The Morgan fingerprint density at radius 2 is 1.81 bits per heavy atom. The molecule has 4 N–H and O–H groups in total. The van der Waals surface area contributed by atoms with Gasteiger partial charge in [0.15, 0.2) is 0 Å². The summed E-state index contributed by atoms with van der Waals surface area (Å²) in [5.41, 5.74) is 3.66. The van der Waals surface area contributed by atoms with Crippen molar-refractivity contribution in [3.63, 3.8) is 0 Å². The van der Waals surface area contributed by atoms with Crippen molar-refractivity contribution in [2.45, 2.75) is 17.7 Å². The van der Waals surface area contributed by atoms with E-state index in [2.05, 4.69) is 10.6 Å². The van der Waals surface area contributed by atoms with E-state index >= 15 is 0 Å². The second kappa shape index (κ2) is 12.0. The second-order valence-electron chi connectivity index (χ2n) is 8.61. The first-order valence-electron chi connectivity index (χ1n) is 11.9. The standard InChI is InChI=1S/C27H29N3O6S/c28-37(33,34)24-7-4-19(5-8-24)10-11-29-27(32)22-6-9-25-23(18-22)17-20-2-1-3-21(16-20)26(31)30-12-13-35-14-15-36-25/h1-9,16,18H,10-15,17H2,(H,29,32)(H,30,31)(H2,28,33,34). The molecular formula is C27H29N3O6S. The maximum absolute atomic E-state index is 12.9. The van der Waals surface area contributed by atoms with E-state index in [1.165, 1.54) is 12.1 Å². The van der Waals surface area contributed by atoms with Gasteiger partial charge in [-0.15, -0.1) is 0 Å². The van der Waals surface area contributed by atoms with E-state index in [-0.39, 0.29) is 16.7 Å². The topological polar surface area (TPSA) is 137 Å². The number of carbonyl (C=O) groups excluding carboxylic acids is 2. The molecular weight excluding hydrogens is 494 g/mol. The van der Waals surface area contributed by atoms with Crippen LogP contribution in [-0.4, -0.2) is 53.1 Å². The summed E-state index contributed by atoms with van der Waals surface area (Å²) in [7, 11) is -3.74. The quantitative estimate of drug-likeness (QED) is 0.468. The van der Waals surface area contributed by atoms with Gasteiger partial charge in [0.1, 0.15) is 12.4 Å². The van der Waals surface area contributed by atoms with Crippen molar-refractivity contribution >= 4 is 21.8 Å². The number of primary sulfonamides is 1. The van der Waals surface area contributed by atoms with Crippen molar-refractivity contribution in [1.29, 1.82) is 0 Å². The Balaban J connectivity index is 1.46. The average molecular weight is 524 g/mol. The number of nitrogens with two attached hydrogens (primary N) is 1. The number of nitrogens with one attached hydrogen (secondary N) is 2. The van der Waals surface area contributed by atoms with Crippen LogP contribution in [0.2, 0.25) is 0 Å². The van der Waals surface area contributed by atoms with Crippen LogP contribution in [0.25, 0.3) is 0 Å². The number of ether oxygens (including phenoxy) is 2. The fraction of sp³-hybridized carbons (Fsp3) is 0.259. The lowest BCUT2D eigenvalue weighted by atomic mass is 9.99. The van der Waals surface area contributed by atoms with E-state index in [1.54, 1.807) is 36.4 Å². The zero-order chi connectivity index (χ0) is 26.3. The summed E-state index contributed by atoms with van der Waals surface area (Å²) in [6.07, 6.45) is 1.01. The highest BCUT2D eigenvalue weighted by atomic mass is 32.2. The van der Waals surface area contributed by atoms with Gasteiger partial charge in [-0.3, -0.25) is 9.59 Å². The molecule has 0 spiro atoms. The van der Waals surface area contributed by atoms with Crippen molar-refractivity contribution in [3.05, 3.63) is 94.5 Å². The lowest BCUT2D eigenvalue weighted by Crippen LogP contribution is -2.28. The molecule has 0 aliphatic carbocycles. The van der Waals surface area contributed by atoms with Crippen LogP contribution in [0.5, 0.6) is 5.75 Å². The molecule has 4 rings (SSSR count). The summed E-state index contributed by atoms with van der Waals surface area (Å²) in [4.78, 5) is 25.3. The van der Waals surface area contributed by atoms with Crippen LogP contribution in [0.1, 0.15) is 37.4 Å². The van der Waals surface area contributed by atoms with Gasteiger partial charge >= 0.3 is 0 Å². The molecule has 0 radical (unpaired) electrons. The van der Waals surface area contributed by atoms with Gasteiger partial charge < -0.3 is 20.1 Å². The molecule has 0 aromatic heterocycles. The number of fused-ring (bicyclic) bond motifs is 3. The first-order valence-corrected chi connectivity index (χ1v) is 13.4. The molecule has 0 unspecified atom stereocenters. The number of hydrogen-bond donors (Lipinski definition) is 3. The lowest BCUT2D eigenvalue weighted by Gasteiger charge is -2.15. The molecule has 3 aromatic rings. The normalized spacial score (nSPS) is 14.5. The minimum absolute atomic E-state index is 0.0463. The number of amides is 2. The highest BCUT2D eigenvalue weighted by molar-refractivity contribution is 7.89. The number of benzene rings is 3. The molecule has 1 aliphatic rings. The number of carbonyl (C=O) groups is 2. The van der Waals surface area contributed by atoms with Crippen molar-refractivity contribution < 1.29 is 27.5 Å². The summed E-state index contributed by atoms with van der Waals surface area (Å²) in [5.74, 6) is 0.258. The predicted molar refractivity (Wildman–Crippen MR) is 138 cm³/mol. The Bertz CT molecular complexity index is 1370. The lowest BCUT2D eigenvalue weighted by molar-refractivity contribution is 0.0865. The van der Waals surface area contributed by atoms with Gasteiger partial charge in [0, 0.05) is 30.6 Å². The zero-order valence-corrected chi connectivity index (χ0v) is 21.1. The Morgan fingerprint density at radius 3 is 2.59 bits per heavy atom. The summed E-state index contributed by atoms with van der Waals surface area (Å²) in [6, 6.07) is 18.9. The van der Waals surface area contributed by atoms with E-state index in [0.29, 0.717) is 62.6 Å². The van der Waals surface area contributed by atoms with Crippen LogP contribution in [0.15, 0.2) is 71.6 Å². The number of hydrogen-bond acceptors (Lipinski definition) is 6. The molecule has 194 valence electrons. The molecule has 0 saturated heterocycles. The van der Waals surface area contributed by atoms with Crippen LogP contribution in [-0.2, 0) is 27.6 Å². The summed E-state index contributed by atoms with van der Waals surface area (Å²) in [5, 5.41) is 10.9. The van der Waals surface area contributed by atoms with E-state index in [4.69, 9.17) is 14.6 Å². The van der Waals surface area contributed by atoms with Gasteiger partial charge in [-0.25, -0.2) is 13.6 Å². The maximum Gasteiger partial charge on any atom is 0.251 e. The van der Waals surface area contributed by atoms with Gasteiger partial charge in [0.2, 0.25) is 10.0 Å². The molecule has 0 atom stereocenters. The third-order valence-corrected chi connectivity index (χ3v) is 6.80. The third-order valence-electron chi connectivity index (χ3n) is 5.87. The van der Waals surface area contributed by atoms with E-state index in [0.717, 1.165) is 16.7 Å². The van der Waals surface area contributed by atoms with Crippen LogP contribution in [0, 0.1) is 0 Å². The van der Waals surface area contributed by atoms with Gasteiger partial charge in [0.25, 0.3) is 11.8 Å². The minimum atomic E-state index is -3.74. The van der Waals surface area contributed by atoms with Crippen molar-refractivity contribution in [1.82, 2.24) is 10.6 Å². The summed E-state index contributed by atoms with van der Waals surface area (Å²) < 4.78 is 34.3. The molecule has 2 bridgehead atoms. The Morgan fingerprint density at radius 1 is 1.00 bits per heavy atom. The second-order valence-corrected chi connectivity index (χ2v) is 10.2. The Kier molecular flexibility index (Phi) is 8.54. The molecule has 3 aromatic carbocycles. The Labute approximate surface area is 216 Å². The van der Waals surface area contributed by atoms with E-state index < -0.39 is 10.0 Å². The first kappa shape index (κ1) is 26.3. The fourth-order valence-electron chi connectivity index (χ4n) is 3.96. The predicted octanol–water partition coefficient (Wildman–Crippen LogP) is 2.04. The summed E-state index contributed by atoms with van der Waals surface area (Å²) in [6.45, 7) is 1.89. The van der Waals surface area contributed by atoms with Crippen molar-refractivity contribution in [3.8, 4) is 5.75 Å². The van der Waals surface area contributed by atoms with E-state index in [9.17, 15) is 18.0 Å². The molecule has 2 amide bonds. The summed E-state index contributed by atoms with van der Waals surface area (Å²) >= 11 is 0. The van der Waals surface area contributed by atoms with Crippen molar-refractivity contribution in [2.24, 2.45) is 5.14 Å². The number of sulfonamides is 1. The SMILES string of the molecule is NS(=O)(=O)c1ccc(CCNC(=O)c2ccc3c(c2)Cc2cccc(c2)C(=O)NCCOCCO3)cc1. The fourth-order valence-corrected chi connectivity index (χ4v) is 4.48. The molecule has 9 nitrogen and oxygen atoms in total. The Hall–Kier alpha value is -3.73. The van der Waals surface area contributed by atoms with Gasteiger partial charge in [-0.2, -0.15) is 0 Å². The van der Waals surface area contributed by atoms with Crippen LogP contribution in [0.3, 0.4) is 0 Å². The molecule has 0 saturated carbocycles. The maximum atomic E-state index is 12.9. The highest BCUT2D eigenvalue weighted by Crippen LogP contribution is 2.24. The van der Waals surface area contributed by atoms with Crippen LogP contribution in [0.4, 0.5) is 0 Å². The molecule has 10 heteroatoms. The van der Waals surface area contributed by atoms with Crippen LogP contribution >= 0.6 is 0 Å². The molecule has 0 fully saturated rings. The van der Waals surface area contributed by atoms with Crippen molar-refractivity contribution in [2.75, 3.05) is 32.9 Å². The molecule has 37 heavy (non-hydrogen) atoms. The minimum Gasteiger partial charge on any atom is -0.491 e. The monoisotopic (exact) mass is 523 g/mol. The average Bonchev–Trinajstić information content (AvgIpc) is 2.88. The van der Waals surface area contributed by atoms with E-state index in [1.807, 2.05) is 18.2 Å². The number of rotatable bonds is 5. The smallest absolute Gasteiger partial charge is 0.251 e.